The summed E-state index contributed by atoms with van der Waals surface area (Å²) < 4.78 is 0. The second kappa shape index (κ2) is 3.89. The van der Waals surface area contributed by atoms with Gasteiger partial charge in [-0.15, -0.1) is 0 Å². The van der Waals surface area contributed by atoms with Crippen molar-refractivity contribution in [2.45, 2.75) is 38.3 Å². The summed E-state index contributed by atoms with van der Waals surface area (Å²) >= 11 is 0. The Morgan fingerprint density at radius 3 is 3.08 bits per heavy atom. The van der Waals surface area contributed by atoms with Crippen LogP contribution in [-0.4, -0.2) is 11.9 Å². The summed E-state index contributed by atoms with van der Waals surface area (Å²) in [4.78, 5) is 0. The van der Waals surface area contributed by atoms with Crippen molar-refractivity contribution in [3.63, 3.8) is 0 Å². The number of hydrogen-bond acceptors (Lipinski definition) is 4. The summed E-state index contributed by atoms with van der Waals surface area (Å²) in [6.45, 7) is 0. The molecule has 4 nitrogen and oxygen atoms in total. The summed E-state index contributed by atoms with van der Waals surface area (Å²) in [6, 6.07) is 0. The number of hydrazine groups is 1. The maximum Gasteiger partial charge on any atom is 0.125 e. The molecule has 2 aliphatic rings. The van der Waals surface area contributed by atoms with E-state index in [1.165, 1.54) is 30.5 Å². The third-order valence-corrected chi connectivity index (χ3v) is 2.62. The van der Waals surface area contributed by atoms with Gasteiger partial charge in [0.15, 0.2) is 0 Å². The van der Waals surface area contributed by atoms with Gasteiger partial charge in [0.25, 0.3) is 0 Å². The van der Waals surface area contributed by atoms with Crippen molar-refractivity contribution in [3.05, 3.63) is 11.6 Å². The minimum atomic E-state index is 0.0110. The molecular formula is C9H16N4. The Balaban J connectivity index is 2.13. The maximum atomic E-state index is 5.34. The molecule has 13 heavy (non-hydrogen) atoms. The van der Waals surface area contributed by atoms with E-state index in [9.17, 15) is 0 Å². The number of nitrogens with one attached hydrogen (secondary N) is 2. The highest BCUT2D eigenvalue weighted by molar-refractivity contribution is 6.00. The van der Waals surface area contributed by atoms with Crippen molar-refractivity contribution in [3.8, 4) is 0 Å². The molecular weight excluding hydrogens is 164 g/mol. The average Bonchev–Trinajstić information content (AvgIpc) is 2.41. The molecule has 72 valence electrons. The number of rotatable bonds is 1. The molecule has 0 radical (unpaired) electrons. The Morgan fingerprint density at radius 2 is 2.23 bits per heavy atom. The highest BCUT2D eigenvalue weighted by Crippen LogP contribution is 2.21. The fraction of sp³-hybridized carbons (Fsp3) is 0.667. The summed E-state index contributed by atoms with van der Waals surface area (Å²) in [6.07, 6.45) is 8.28. The molecule has 1 aliphatic heterocycles. The van der Waals surface area contributed by atoms with E-state index in [0.717, 1.165) is 12.8 Å². The molecule has 0 aromatic heterocycles. The Hall–Kier alpha value is -0.870. The van der Waals surface area contributed by atoms with Crippen LogP contribution in [0.3, 0.4) is 0 Å². The molecule has 1 saturated carbocycles. The van der Waals surface area contributed by atoms with E-state index in [0.29, 0.717) is 0 Å². The molecule has 0 amide bonds. The molecule has 1 atom stereocenters. The zero-order valence-electron chi connectivity index (χ0n) is 7.71. The Morgan fingerprint density at radius 1 is 1.38 bits per heavy atom. The summed E-state index contributed by atoms with van der Waals surface area (Å²) in [7, 11) is 0. The number of allylic oxidation sites excluding steroid dienone is 1. The third kappa shape index (κ3) is 1.89. The molecule has 1 fully saturated rings. The molecule has 1 aliphatic carbocycles. The van der Waals surface area contributed by atoms with Crippen LogP contribution in [0.4, 0.5) is 0 Å². The predicted molar refractivity (Wildman–Crippen MR) is 52.8 cm³/mol. The lowest BCUT2D eigenvalue weighted by atomic mass is 10.0. The van der Waals surface area contributed by atoms with Gasteiger partial charge in [0.05, 0.1) is 5.71 Å². The predicted octanol–water partition coefficient (Wildman–Crippen LogP) is 0.625. The first-order valence-electron chi connectivity index (χ1n) is 4.89. The zero-order valence-corrected chi connectivity index (χ0v) is 7.71. The van der Waals surface area contributed by atoms with Gasteiger partial charge >= 0.3 is 0 Å². The standard InChI is InChI=1S/C9H16N4/c10-11-9-6-7-4-2-1-3-5-8(7)12-13-9/h6,9,11,13H,1-5,10H2. The lowest BCUT2D eigenvalue weighted by Crippen LogP contribution is -2.45. The van der Waals surface area contributed by atoms with E-state index in [-0.39, 0.29) is 6.17 Å². The van der Waals surface area contributed by atoms with Crippen LogP contribution in [0.5, 0.6) is 0 Å². The maximum absolute atomic E-state index is 5.34. The fourth-order valence-corrected chi connectivity index (χ4v) is 1.87. The quantitative estimate of drug-likeness (QED) is 0.409. The van der Waals surface area contributed by atoms with Gasteiger partial charge in [-0.25, -0.2) is 5.43 Å². The molecule has 2 rings (SSSR count). The van der Waals surface area contributed by atoms with E-state index >= 15 is 0 Å². The van der Waals surface area contributed by atoms with E-state index in [4.69, 9.17) is 5.84 Å². The molecule has 0 aromatic rings. The Labute approximate surface area is 78.2 Å². The zero-order chi connectivity index (χ0) is 9.10. The van der Waals surface area contributed by atoms with Gasteiger partial charge in [0.2, 0.25) is 0 Å². The highest BCUT2D eigenvalue weighted by atomic mass is 15.4. The lowest BCUT2D eigenvalue weighted by molar-refractivity contribution is 0.513. The minimum Gasteiger partial charge on any atom is -0.288 e. The van der Waals surface area contributed by atoms with E-state index in [1.54, 1.807) is 0 Å². The first-order chi connectivity index (χ1) is 6.40. The number of fused-ring (bicyclic) bond motifs is 1. The largest absolute Gasteiger partial charge is 0.288 e. The topological polar surface area (TPSA) is 62.4 Å². The molecule has 4 N–H and O–H groups in total. The van der Waals surface area contributed by atoms with Gasteiger partial charge in [0.1, 0.15) is 6.17 Å². The minimum absolute atomic E-state index is 0.0110. The third-order valence-electron chi connectivity index (χ3n) is 2.62. The summed E-state index contributed by atoms with van der Waals surface area (Å²) in [5.41, 5.74) is 8.23. The fourth-order valence-electron chi connectivity index (χ4n) is 1.87. The average molecular weight is 180 g/mol. The van der Waals surface area contributed by atoms with Crippen LogP contribution in [0, 0.1) is 0 Å². The summed E-state index contributed by atoms with van der Waals surface area (Å²) in [5.74, 6) is 5.34. The highest BCUT2D eigenvalue weighted by Gasteiger charge is 2.17. The van der Waals surface area contributed by atoms with Gasteiger partial charge in [-0.2, -0.15) is 5.10 Å². The van der Waals surface area contributed by atoms with Crippen LogP contribution < -0.4 is 16.7 Å². The first-order valence-corrected chi connectivity index (χ1v) is 4.89. The molecule has 0 aromatic carbocycles. The van der Waals surface area contributed by atoms with Gasteiger partial charge in [-0.05, 0) is 37.3 Å². The van der Waals surface area contributed by atoms with E-state index < -0.39 is 0 Å². The molecule has 0 bridgehead atoms. The van der Waals surface area contributed by atoms with Crippen molar-refractivity contribution in [2.24, 2.45) is 10.9 Å². The van der Waals surface area contributed by atoms with Crippen LogP contribution in [0.1, 0.15) is 32.1 Å². The monoisotopic (exact) mass is 180 g/mol. The van der Waals surface area contributed by atoms with Crippen LogP contribution in [0.25, 0.3) is 0 Å². The molecule has 1 heterocycles. The number of nitrogens with zero attached hydrogens (tertiary/aromatic N) is 1. The second-order valence-corrected chi connectivity index (χ2v) is 3.58. The van der Waals surface area contributed by atoms with Crippen molar-refractivity contribution in [1.82, 2.24) is 10.9 Å². The van der Waals surface area contributed by atoms with Gasteiger partial charge in [-0.3, -0.25) is 11.3 Å². The van der Waals surface area contributed by atoms with E-state index in [2.05, 4.69) is 22.0 Å². The Kier molecular flexibility index (Phi) is 2.61. The van der Waals surface area contributed by atoms with Gasteiger partial charge in [0, 0.05) is 0 Å². The van der Waals surface area contributed by atoms with E-state index in [1.807, 2.05) is 0 Å². The smallest absolute Gasteiger partial charge is 0.125 e. The van der Waals surface area contributed by atoms with Crippen molar-refractivity contribution >= 4 is 5.71 Å². The van der Waals surface area contributed by atoms with Gasteiger partial charge < -0.3 is 0 Å². The van der Waals surface area contributed by atoms with Crippen LogP contribution in [-0.2, 0) is 0 Å². The normalized spacial score (nSPS) is 27.9. The number of hydrazone groups is 1. The molecule has 0 saturated heterocycles. The molecule has 1 unspecified atom stereocenters. The molecule has 0 spiro atoms. The Bertz CT molecular complexity index is 244. The first kappa shape index (κ1) is 8.72. The van der Waals surface area contributed by atoms with Crippen molar-refractivity contribution < 1.29 is 0 Å². The van der Waals surface area contributed by atoms with Crippen LogP contribution in [0.2, 0.25) is 0 Å². The lowest BCUT2D eigenvalue weighted by Gasteiger charge is -2.20. The van der Waals surface area contributed by atoms with Crippen LogP contribution in [0.15, 0.2) is 16.8 Å². The number of hydrogen-bond donors (Lipinski definition) is 3. The summed E-state index contributed by atoms with van der Waals surface area (Å²) in [5, 5.41) is 4.32. The van der Waals surface area contributed by atoms with Crippen molar-refractivity contribution in [1.29, 1.82) is 0 Å². The SMILES string of the molecule is NNC1C=C2CCCCCC2=NN1. The van der Waals surface area contributed by atoms with Crippen LogP contribution >= 0.6 is 0 Å². The van der Waals surface area contributed by atoms with Crippen molar-refractivity contribution in [2.75, 3.05) is 0 Å². The second-order valence-electron chi connectivity index (χ2n) is 3.58. The molecule has 4 heteroatoms. The number of nitrogens with two attached hydrogens (primary N) is 1. The van der Waals surface area contributed by atoms with Gasteiger partial charge in [-0.1, -0.05) is 6.42 Å².